The van der Waals surface area contributed by atoms with E-state index in [4.69, 9.17) is 0 Å². The molecule has 0 amide bonds. The highest BCUT2D eigenvalue weighted by Crippen LogP contribution is 2.10. The van der Waals surface area contributed by atoms with Crippen molar-refractivity contribution in [3.63, 3.8) is 0 Å². The van der Waals surface area contributed by atoms with Crippen LogP contribution in [0.2, 0.25) is 0 Å². The first kappa shape index (κ1) is 11.2. The molecule has 1 aromatic rings. The molecule has 0 N–H and O–H groups in total. The fourth-order valence-electron chi connectivity index (χ4n) is 1.09. The number of esters is 1. The Kier molecular flexibility index (Phi) is 3.80. The average molecular weight is 206 g/mol. The van der Waals surface area contributed by atoms with Crippen molar-refractivity contribution < 1.29 is 13.9 Å². The number of ether oxygens (including phenoxy) is 1. The van der Waals surface area contributed by atoms with E-state index < -0.39 is 5.97 Å². The molecule has 0 spiro atoms. The zero-order valence-corrected chi connectivity index (χ0v) is 8.37. The third-order valence-corrected chi connectivity index (χ3v) is 1.81. The lowest BCUT2D eigenvalue weighted by atomic mass is 10.1. The number of carbonyl (C=O) groups excluding carboxylic acids is 1. The van der Waals surface area contributed by atoms with Crippen LogP contribution in [0.25, 0.3) is 6.08 Å². The van der Waals surface area contributed by atoms with Gasteiger partial charge in [-0.15, -0.1) is 0 Å². The van der Waals surface area contributed by atoms with E-state index in [9.17, 15) is 9.18 Å². The molecule has 1 aromatic carbocycles. The van der Waals surface area contributed by atoms with Crippen LogP contribution in [0.1, 0.15) is 5.56 Å². The van der Waals surface area contributed by atoms with Gasteiger partial charge < -0.3 is 4.74 Å². The van der Waals surface area contributed by atoms with Crippen molar-refractivity contribution in [3.05, 3.63) is 53.9 Å². The molecule has 2 nitrogen and oxygen atoms in total. The molecule has 0 bridgehead atoms. The molecular weight excluding hydrogens is 195 g/mol. The van der Waals surface area contributed by atoms with Gasteiger partial charge in [-0.2, -0.15) is 0 Å². The van der Waals surface area contributed by atoms with Crippen LogP contribution in [0.3, 0.4) is 0 Å². The lowest BCUT2D eigenvalue weighted by Crippen LogP contribution is -2.01. The van der Waals surface area contributed by atoms with E-state index in [0.29, 0.717) is 11.1 Å². The molecule has 15 heavy (non-hydrogen) atoms. The first-order valence-electron chi connectivity index (χ1n) is 4.35. The lowest BCUT2D eigenvalue weighted by Gasteiger charge is -1.99. The Bertz CT molecular complexity index is 408. The quantitative estimate of drug-likeness (QED) is 0.431. The van der Waals surface area contributed by atoms with Crippen molar-refractivity contribution in [3.8, 4) is 0 Å². The minimum Gasteiger partial charge on any atom is -0.465 e. The predicted molar refractivity (Wildman–Crippen MR) is 56.6 cm³/mol. The van der Waals surface area contributed by atoms with E-state index in [1.165, 1.54) is 31.4 Å². The standard InChI is InChI=1S/C12H11FO2/c1-3-10(12(14)15-2)7-9-5-4-6-11(13)8-9/h3-8H,1H2,2H3/b10-7-. The van der Waals surface area contributed by atoms with Gasteiger partial charge in [-0.25, -0.2) is 9.18 Å². The van der Waals surface area contributed by atoms with Gasteiger partial charge in [0.2, 0.25) is 0 Å². The van der Waals surface area contributed by atoms with Gasteiger partial charge in [-0.05, 0) is 23.8 Å². The molecule has 0 radical (unpaired) electrons. The van der Waals surface area contributed by atoms with Crippen molar-refractivity contribution in [1.82, 2.24) is 0 Å². The summed E-state index contributed by atoms with van der Waals surface area (Å²) in [5.74, 6) is -0.841. The fourth-order valence-corrected chi connectivity index (χ4v) is 1.09. The first-order chi connectivity index (χ1) is 7.17. The van der Waals surface area contributed by atoms with Crippen molar-refractivity contribution in [2.75, 3.05) is 7.11 Å². The van der Waals surface area contributed by atoms with E-state index >= 15 is 0 Å². The predicted octanol–water partition coefficient (Wildman–Crippen LogP) is 2.57. The van der Waals surface area contributed by atoms with Crippen molar-refractivity contribution in [2.45, 2.75) is 0 Å². The summed E-state index contributed by atoms with van der Waals surface area (Å²) in [6.07, 6.45) is 2.89. The van der Waals surface area contributed by atoms with Crippen LogP contribution < -0.4 is 0 Å². The van der Waals surface area contributed by atoms with Crippen LogP contribution in [-0.2, 0) is 9.53 Å². The number of benzene rings is 1. The minimum absolute atomic E-state index is 0.295. The third-order valence-electron chi connectivity index (χ3n) is 1.81. The number of hydrogen-bond acceptors (Lipinski definition) is 2. The molecule has 3 heteroatoms. The van der Waals surface area contributed by atoms with Crippen molar-refractivity contribution in [1.29, 1.82) is 0 Å². The molecule has 0 aliphatic heterocycles. The second-order valence-corrected chi connectivity index (χ2v) is 2.85. The van der Waals surface area contributed by atoms with E-state index in [1.807, 2.05) is 0 Å². The Labute approximate surface area is 87.7 Å². The summed E-state index contributed by atoms with van der Waals surface area (Å²) < 4.78 is 17.4. The van der Waals surface area contributed by atoms with E-state index in [0.717, 1.165) is 0 Å². The highest BCUT2D eigenvalue weighted by atomic mass is 19.1. The lowest BCUT2D eigenvalue weighted by molar-refractivity contribution is -0.135. The summed E-state index contributed by atoms with van der Waals surface area (Å²) in [6, 6.07) is 5.92. The van der Waals surface area contributed by atoms with Gasteiger partial charge in [0.25, 0.3) is 0 Å². The van der Waals surface area contributed by atoms with Gasteiger partial charge in [-0.3, -0.25) is 0 Å². The molecule has 78 valence electrons. The molecule has 0 aliphatic carbocycles. The molecule has 0 unspecified atom stereocenters. The topological polar surface area (TPSA) is 26.3 Å². The maximum absolute atomic E-state index is 12.8. The Hall–Kier alpha value is -1.90. The highest BCUT2D eigenvalue weighted by Gasteiger charge is 2.04. The van der Waals surface area contributed by atoms with Crippen molar-refractivity contribution >= 4 is 12.0 Å². The normalized spacial score (nSPS) is 10.9. The molecule has 0 heterocycles. The zero-order chi connectivity index (χ0) is 11.3. The van der Waals surface area contributed by atoms with Gasteiger partial charge >= 0.3 is 5.97 Å². The van der Waals surface area contributed by atoms with Crippen LogP contribution in [0.15, 0.2) is 42.5 Å². The second-order valence-electron chi connectivity index (χ2n) is 2.85. The summed E-state index contributed by atoms with van der Waals surface area (Å²) in [7, 11) is 1.28. The Morgan fingerprint density at radius 1 is 1.53 bits per heavy atom. The van der Waals surface area contributed by atoms with Crippen LogP contribution in [0, 0.1) is 5.82 Å². The van der Waals surface area contributed by atoms with E-state index in [-0.39, 0.29) is 5.82 Å². The zero-order valence-electron chi connectivity index (χ0n) is 8.37. The number of hydrogen-bond donors (Lipinski definition) is 0. The molecule has 0 saturated carbocycles. The van der Waals surface area contributed by atoms with Crippen LogP contribution in [0.4, 0.5) is 4.39 Å². The van der Waals surface area contributed by atoms with Crippen molar-refractivity contribution in [2.24, 2.45) is 0 Å². The maximum atomic E-state index is 12.8. The van der Waals surface area contributed by atoms with E-state index in [2.05, 4.69) is 11.3 Å². The molecule has 1 rings (SSSR count). The Balaban J connectivity index is 3.03. The smallest absolute Gasteiger partial charge is 0.337 e. The summed E-state index contributed by atoms with van der Waals surface area (Å²) in [6.45, 7) is 3.49. The maximum Gasteiger partial charge on any atom is 0.337 e. The number of carbonyl (C=O) groups is 1. The monoisotopic (exact) mass is 206 g/mol. The summed E-state index contributed by atoms with van der Waals surface area (Å²) in [5, 5.41) is 0. The third kappa shape index (κ3) is 3.06. The number of rotatable bonds is 3. The van der Waals surface area contributed by atoms with Gasteiger partial charge in [0.05, 0.1) is 12.7 Å². The first-order valence-corrected chi connectivity index (χ1v) is 4.35. The molecule has 0 aliphatic rings. The number of halogens is 1. The summed E-state index contributed by atoms with van der Waals surface area (Å²) >= 11 is 0. The summed E-state index contributed by atoms with van der Waals surface area (Å²) in [4.78, 5) is 11.2. The molecule has 0 aromatic heterocycles. The molecule has 0 saturated heterocycles. The Morgan fingerprint density at radius 3 is 2.80 bits per heavy atom. The van der Waals surface area contributed by atoms with Crippen LogP contribution in [0.5, 0.6) is 0 Å². The molecule has 0 atom stereocenters. The van der Waals surface area contributed by atoms with Gasteiger partial charge in [0.15, 0.2) is 0 Å². The molecule has 0 fully saturated rings. The van der Waals surface area contributed by atoms with Crippen LogP contribution in [-0.4, -0.2) is 13.1 Å². The van der Waals surface area contributed by atoms with Gasteiger partial charge in [-0.1, -0.05) is 24.8 Å². The van der Waals surface area contributed by atoms with E-state index in [1.54, 1.807) is 12.1 Å². The largest absolute Gasteiger partial charge is 0.465 e. The fraction of sp³-hybridized carbons (Fsp3) is 0.0833. The van der Waals surface area contributed by atoms with Crippen LogP contribution >= 0.6 is 0 Å². The van der Waals surface area contributed by atoms with Gasteiger partial charge in [0, 0.05) is 0 Å². The minimum atomic E-state index is -0.491. The highest BCUT2D eigenvalue weighted by molar-refractivity contribution is 5.96. The SMILES string of the molecule is C=C/C(=C/c1cccc(F)c1)C(=O)OC. The average Bonchev–Trinajstić information content (AvgIpc) is 2.25. The Morgan fingerprint density at radius 2 is 2.27 bits per heavy atom. The second kappa shape index (κ2) is 5.10. The van der Waals surface area contributed by atoms with Gasteiger partial charge in [0.1, 0.15) is 5.82 Å². The molecular formula is C12H11FO2. The summed E-state index contributed by atoms with van der Waals surface area (Å²) in [5.41, 5.74) is 0.887. The number of methoxy groups -OCH3 is 1.